The molecule has 0 saturated carbocycles. The standard InChI is InChI=1S/C26H27N5O2S/c1-17-9-11-18(12-10-17)23-14-21(20-7-3-4-8-22(20)28-23)25-29-30-26(31(25)2)34-16-24(32)27-15-19-6-5-13-33-19/h3-4,7-12,14,19H,5-6,13,15-16H2,1-2H3,(H,27,32). The van der Waals surface area contributed by atoms with Gasteiger partial charge in [-0.25, -0.2) is 4.98 Å². The molecule has 3 heterocycles. The molecule has 7 nitrogen and oxygen atoms in total. The molecule has 174 valence electrons. The van der Waals surface area contributed by atoms with Crippen molar-refractivity contribution < 1.29 is 9.53 Å². The summed E-state index contributed by atoms with van der Waals surface area (Å²) in [5.41, 5.74) is 5.02. The summed E-state index contributed by atoms with van der Waals surface area (Å²) in [4.78, 5) is 17.2. The van der Waals surface area contributed by atoms with E-state index in [1.54, 1.807) is 0 Å². The number of para-hydroxylation sites is 1. The summed E-state index contributed by atoms with van der Waals surface area (Å²) >= 11 is 1.38. The van der Waals surface area contributed by atoms with Gasteiger partial charge in [0.2, 0.25) is 5.91 Å². The Bertz CT molecular complexity index is 1310. The van der Waals surface area contributed by atoms with Crippen LogP contribution in [-0.4, -0.2) is 50.7 Å². The number of aromatic nitrogens is 4. The van der Waals surface area contributed by atoms with Gasteiger partial charge in [-0.1, -0.05) is 59.8 Å². The van der Waals surface area contributed by atoms with Gasteiger partial charge in [0, 0.05) is 36.7 Å². The van der Waals surface area contributed by atoms with Crippen LogP contribution in [0.4, 0.5) is 0 Å². The van der Waals surface area contributed by atoms with Gasteiger partial charge in [-0.05, 0) is 31.9 Å². The number of carbonyl (C=O) groups is 1. The number of nitrogens with zero attached hydrogens (tertiary/aromatic N) is 4. The fourth-order valence-corrected chi connectivity index (χ4v) is 4.86. The highest BCUT2D eigenvalue weighted by Crippen LogP contribution is 2.32. The van der Waals surface area contributed by atoms with E-state index in [-0.39, 0.29) is 17.8 Å². The minimum Gasteiger partial charge on any atom is -0.376 e. The van der Waals surface area contributed by atoms with Crippen LogP contribution in [0, 0.1) is 6.92 Å². The Hall–Kier alpha value is -3.23. The van der Waals surface area contributed by atoms with Crippen LogP contribution in [0.15, 0.2) is 59.8 Å². The lowest BCUT2D eigenvalue weighted by Crippen LogP contribution is -2.32. The van der Waals surface area contributed by atoms with Gasteiger partial charge in [-0.3, -0.25) is 4.79 Å². The predicted molar refractivity (Wildman–Crippen MR) is 135 cm³/mol. The van der Waals surface area contributed by atoms with E-state index < -0.39 is 0 Å². The molecule has 0 aliphatic carbocycles. The van der Waals surface area contributed by atoms with E-state index in [4.69, 9.17) is 9.72 Å². The minimum absolute atomic E-state index is 0.0268. The van der Waals surface area contributed by atoms with Gasteiger partial charge in [-0.2, -0.15) is 0 Å². The quantitative estimate of drug-likeness (QED) is 0.401. The number of aryl methyl sites for hydroxylation is 1. The van der Waals surface area contributed by atoms with Crippen molar-refractivity contribution in [1.29, 1.82) is 0 Å². The second kappa shape index (κ2) is 9.95. The summed E-state index contributed by atoms with van der Waals surface area (Å²) < 4.78 is 7.51. The van der Waals surface area contributed by atoms with E-state index in [2.05, 4.69) is 58.8 Å². The van der Waals surface area contributed by atoms with Gasteiger partial charge >= 0.3 is 0 Å². The van der Waals surface area contributed by atoms with Crippen LogP contribution in [0.25, 0.3) is 33.5 Å². The molecule has 2 aromatic carbocycles. The van der Waals surface area contributed by atoms with E-state index in [0.717, 1.165) is 53.0 Å². The van der Waals surface area contributed by atoms with Crippen molar-refractivity contribution in [3.05, 3.63) is 60.2 Å². The highest BCUT2D eigenvalue weighted by atomic mass is 32.2. The van der Waals surface area contributed by atoms with Crippen molar-refractivity contribution in [3.63, 3.8) is 0 Å². The molecule has 1 aliphatic rings. The summed E-state index contributed by atoms with van der Waals surface area (Å²) in [6.45, 7) is 3.42. The molecule has 0 spiro atoms. The zero-order chi connectivity index (χ0) is 23.5. The molecule has 1 unspecified atom stereocenters. The molecule has 34 heavy (non-hydrogen) atoms. The smallest absolute Gasteiger partial charge is 0.230 e. The first-order chi connectivity index (χ1) is 16.6. The number of thioether (sulfide) groups is 1. The van der Waals surface area contributed by atoms with Crippen molar-refractivity contribution in [2.45, 2.75) is 31.0 Å². The molecule has 1 aliphatic heterocycles. The van der Waals surface area contributed by atoms with Gasteiger partial charge in [0.25, 0.3) is 0 Å². The SMILES string of the molecule is Cc1ccc(-c2cc(-c3nnc(SCC(=O)NCC4CCCO4)n3C)c3ccccc3n2)cc1. The van der Waals surface area contributed by atoms with Gasteiger partial charge < -0.3 is 14.6 Å². The van der Waals surface area contributed by atoms with Crippen molar-refractivity contribution in [3.8, 4) is 22.6 Å². The number of hydrogen-bond acceptors (Lipinski definition) is 6. The molecule has 1 atom stereocenters. The number of benzene rings is 2. The molecular weight excluding hydrogens is 446 g/mol. The number of amides is 1. The largest absolute Gasteiger partial charge is 0.376 e. The number of rotatable bonds is 7. The van der Waals surface area contributed by atoms with E-state index in [1.807, 2.05) is 29.8 Å². The van der Waals surface area contributed by atoms with Gasteiger partial charge in [0.15, 0.2) is 11.0 Å². The zero-order valence-corrected chi connectivity index (χ0v) is 20.1. The Morgan fingerprint density at radius 1 is 1.18 bits per heavy atom. The molecule has 4 aromatic rings. The Kier molecular flexibility index (Phi) is 6.60. The van der Waals surface area contributed by atoms with Crippen molar-refractivity contribution in [2.24, 2.45) is 7.05 Å². The second-order valence-electron chi connectivity index (χ2n) is 8.53. The van der Waals surface area contributed by atoms with Crippen LogP contribution in [0.5, 0.6) is 0 Å². The van der Waals surface area contributed by atoms with E-state index in [0.29, 0.717) is 11.7 Å². The van der Waals surface area contributed by atoms with Crippen molar-refractivity contribution in [1.82, 2.24) is 25.1 Å². The van der Waals surface area contributed by atoms with Crippen molar-refractivity contribution >= 4 is 28.6 Å². The lowest BCUT2D eigenvalue weighted by atomic mass is 10.0. The summed E-state index contributed by atoms with van der Waals surface area (Å²) in [6, 6.07) is 18.5. The third-order valence-electron chi connectivity index (χ3n) is 6.02. The summed E-state index contributed by atoms with van der Waals surface area (Å²) in [6.07, 6.45) is 2.20. The highest BCUT2D eigenvalue weighted by Gasteiger charge is 2.19. The number of nitrogens with one attached hydrogen (secondary N) is 1. The van der Waals surface area contributed by atoms with Crippen LogP contribution in [0.1, 0.15) is 18.4 Å². The fraction of sp³-hybridized carbons (Fsp3) is 0.308. The average Bonchev–Trinajstić information content (AvgIpc) is 3.51. The van der Waals surface area contributed by atoms with E-state index in [1.165, 1.54) is 17.3 Å². The van der Waals surface area contributed by atoms with Crippen LogP contribution in [0.3, 0.4) is 0 Å². The van der Waals surface area contributed by atoms with Crippen LogP contribution in [0.2, 0.25) is 0 Å². The van der Waals surface area contributed by atoms with Crippen molar-refractivity contribution in [2.75, 3.05) is 18.9 Å². The Labute approximate surface area is 203 Å². The Morgan fingerprint density at radius 2 is 2.00 bits per heavy atom. The van der Waals surface area contributed by atoms with Gasteiger partial charge in [0.05, 0.1) is 23.1 Å². The number of pyridine rings is 1. The maximum atomic E-state index is 12.3. The lowest BCUT2D eigenvalue weighted by molar-refractivity contribution is -0.119. The minimum atomic E-state index is -0.0268. The second-order valence-corrected chi connectivity index (χ2v) is 9.47. The Morgan fingerprint density at radius 3 is 2.79 bits per heavy atom. The van der Waals surface area contributed by atoms with Gasteiger partial charge in [0.1, 0.15) is 0 Å². The fourth-order valence-electron chi connectivity index (χ4n) is 4.12. The van der Waals surface area contributed by atoms with Crippen LogP contribution in [-0.2, 0) is 16.6 Å². The number of fused-ring (bicyclic) bond motifs is 1. The molecule has 1 saturated heterocycles. The normalized spacial score (nSPS) is 15.6. The molecule has 8 heteroatoms. The first kappa shape index (κ1) is 22.6. The summed E-state index contributed by atoms with van der Waals surface area (Å²) in [5.74, 6) is 1.00. The average molecular weight is 474 g/mol. The first-order valence-electron chi connectivity index (χ1n) is 11.5. The van der Waals surface area contributed by atoms with Crippen LogP contribution < -0.4 is 5.32 Å². The van der Waals surface area contributed by atoms with Gasteiger partial charge in [-0.15, -0.1) is 10.2 Å². The van der Waals surface area contributed by atoms with E-state index in [9.17, 15) is 4.79 Å². The molecular formula is C26H27N5O2S. The Balaban J connectivity index is 1.39. The molecule has 0 bridgehead atoms. The van der Waals surface area contributed by atoms with E-state index >= 15 is 0 Å². The number of hydrogen-bond donors (Lipinski definition) is 1. The predicted octanol–water partition coefficient (Wildman–Crippen LogP) is 4.39. The topological polar surface area (TPSA) is 81.9 Å². The molecule has 1 fully saturated rings. The maximum Gasteiger partial charge on any atom is 0.230 e. The molecule has 2 aromatic heterocycles. The summed E-state index contributed by atoms with van der Waals surface area (Å²) in [7, 11) is 1.93. The third-order valence-corrected chi connectivity index (χ3v) is 7.04. The highest BCUT2D eigenvalue weighted by molar-refractivity contribution is 7.99. The third kappa shape index (κ3) is 4.83. The number of ether oxygens (including phenoxy) is 1. The first-order valence-corrected chi connectivity index (χ1v) is 12.4. The zero-order valence-electron chi connectivity index (χ0n) is 19.3. The summed E-state index contributed by atoms with van der Waals surface area (Å²) in [5, 5.41) is 13.5. The maximum absolute atomic E-state index is 12.3. The monoisotopic (exact) mass is 473 g/mol. The lowest BCUT2D eigenvalue weighted by Gasteiger charge is -2.11. The number of carbonyl (C=O) groups excluding carboxylic acids is 1. The molecule has 1 N–H and O–H groups in total. The van der Waals surface area contributed by atoms with Crippen LogP contribution >= 0.6 is 11.8 Å². The molecule has 0 radical (unpaired) electrons. The molecule has 5 rings (SSSR count). The molecule has 1 amide bonds.